The summed E-state index contributed by atoms with van der Waals surface area (Å²) >= 11 is 0. The number of hydrogen-bond donors (Lipinski definition) is 4. The molecule has 6 N–H and O–H groups in total. The van der Waals surface area contributed by atoms with E-state index in [9.17, 15) is 9.59 Å². The molecule has 0 radical (unpaired) electrons. The lowest BCUT2D eigenvalue weighted by Gasteiger charge is -2.19. The molecule has 0 aromatic heterocycles. The summed E-state index contributed by atoms with van der Waals surface area (Å²) in [5.74, 6) is -0.142. The number of primary amides is 1. The van der Waals surface area contributed by atoms with Gasteiger partial charge in [-0.2, -0.15) is 0 Å². The monoisotopic (exact) mass is 338 g/mol. The summed E-state index contributed by atoms with van der Waals surface area (Å²) in [5.41, 5.74) is 11.9. The van der Waals surface area contributed by atoms with Gasteiger partial charge in [-0.05, 0) is 39.3 Å². The maximum absolute atomic E-state index is 11.5. The molecule has 0 bridgehead atoms. The van der Waals surface area contributed by atoms with Crippen molar-refractivity contribution in [2.75, 3.05) is 31.2 Å². The molecule has 0 atom stereocenters. The standard InChI is InChI=1S/C16H26N4O4/c1-16(2,3)24-15(22)20-7-5-6-19-13-11(17)8-10(14(18)21)9-12(13)23-4/h8-9,19H,5-7,17H2,1-4H3,(H2,18,21)(H,20,22). The largest absolute Gasteiger partial charge is 0.494 e. The van der Waals surface area contributed by atoms with Crippen LogP contribution in [0.15, 0.2) is 12.1 Å². The van der Waals surface area contributed by atoms with Gasteiger partial charge < -0.3 is 31.6 Å². The lowest BCUT2D eigenvalue weighted by Crippen LogP contribution is -2.33. The zero-order chi connectivity index (χ0) is 18.3. The fourth-order valence-electron chi connectivity index (χ4n) is 1.94. The van der Waals surface area contributed by atoms with E-state index in [0.29, 0.717) is 36.6 Å². The Hall–Kier alpha value is -2.64. The number of ether oxygens (including phenoxy) is 2. The van der Waals surface area contributed by atoms with E-state index in [1.165, 1.54) is 19.2 Å². The number of carbonyl (C=O) groups excluding carboxylic acids is 2. The van der Waals surface area contributed by atoms with Crippen LogP contribution in [0.25, 0.3) is 0 Å². The predicted octanol–water partition coefficient (Wildman–Crippen LogP) is 1.70. The molecule has 0 heterocycles. The van der Waals surface area contributed by atoms with E-state index in [1.807, 2.05) is 0 Å². The van der Waals surface area contributed by atoms with Crippen molar-refractivity contribution in [3.63, 3.8) is 0 Å². The molecule has 24 heavy (non-hydrogen) atoms. The summed E-state index contributed by atoms with van der Waals surface area (Å²) in [6.45, 7) is 6.41. The van der Waals surface area contributed by atoms with Crippen molar-refractivity contribution in [1.29, 1.82) is 0 Å². The van der Waals surface area contributed by atoms with Crippen LogP contribution in [-0.2, 0) is 4.74 Å². The molecule has 8 heteroatoms. The van der Waals surface area contributed by atoms with E-state index >= 15 is 0 Å². The summed E-state index contributed by atoms with van der Waals surface area (Å²) in [4.78, 5) is 22.7. The number of rotatable bonds is 7. The lowest BCUT2D eigenvalue weighted by molar-refractivity contribution is 0.0527. The number of nitrogens with one attached hydrogen (secondary N) is 2. The van der Waals surface area contributed by atoms with Gasteiger partial charge in [0.1, 0.15) is 17.0 Å². The van der Waals surface area contributed by atoms with Gasteiger partial charge in [-0.3, -0.25) is 4.79 Å². The Labute approximate surface area is 141 Å². The van der Waals surface area contributed by atoms with Gasteiger partial charge in [-0.1, -0.05) is 0 Å². The number of amides is 2. The summed E-state index contributed by atoms with van der Waals surface area (Å²) in [5, 5.41) is 5.79. The van der Waals surface area contributed by atoms with Crippen molar-refractivity contribution in [3.8, 4) is 5.75 Å². The van der Waals surface area contributed by atoms with Crippen LogP contribution < -0.4 is 26.8 Å². The van der Waals surface area contributed by atoms with Gasteiger partial charge >= 0.3 is 6.09 Å². The SMILES string of the molecule is COc1cc(C(N)=O)cc(N)c1NCCCNC(=O)OC(C)(C)C. The molecular formula is C16H26N4O4. The topological polar surface area (TPSA) is 129 Å². The Bertz CT molecular complexity index is 596. The van der Waals surface area contributed by atoms with Gasteiger partial charge in [0.05, 0.1) is 12.8 Å². The average molecular weight is 338 g/mol. The molecule has 0 unspecified atom stereocenters. The molecule has 0 aliphatic carbocycles. The first kappa shape index (κ1) is 19.4. The van der Waals surface area contributed by atoms with Crippen molar-refractivity contribution in [1.82, 2.24) is 5.32 Å². The van der Waals surface area contributed by atoms with Crippen molar-refractivity contribution in [3.05, 3.63) is 17.7 Å². The lowest BCUT2D eigenvalue weighted by atomic mass is 10.1. The van der Waals surface area contributed by atoms with Crippen molar-refractivity contribution < 1.29 is 19.1 Å². The van der Waals surface area contributed by atoms with Crippen molar-refractivity contribution >= 4 is 23.4 Å². The summed E-state index contributed by atoms with van der Waals surface area (Å²) < 4.78 is 10.4. The molecule has 0 saturated heterocycles. The van der Waals surface area contributed by atoms with Crippen LogP contribution in [0.1, 0.15) is 37.6 Å². The second-order valence-corrected chi connectivity index (χ2v) is 6.22. The molecule has 0 aliphatic heterocycles. The third-order valence-corrected chi connectivity index (χ3v) is 2.96. The first-order valence-corrected chi connectivity index (χ1v) is 7.62. The Kier molecular flexibility index (Phi) is 6.69. The summed E-state index contributed by atoms with van der Waals surface area (Å²) in [7, 11) is 1.48. The van der Waals surface area contributed by atoms with Crippen LogP contribution in [0, 0.1) is 0 Å². The fourth-order valence-corrected chi connectivity index (χ4v) is 1.94. The number of nitrogen functional groups attached to an aromatic ring is 1. The van der Waals surface area contributed by atoms with Gasteiger partial charge in [0.15, 0.2) is 0 Å². The zero-order valence-electron chi connectivity index (χ0n) is 14.6. The average Bonchev–Trinajstić information content (AvgIpc) is 2.45. The van der Waals surface area contributed by atoms with Gasteiger partial charge in [-0.25, -0.2) is 4.79 Å². The van der Waals surface area contributed by atoms with Crippen LogP contribution in [-0.4, -0.2) is 37.8 Å². The molecular weight excluding hydrogens is 312 g/mol. The van der Waals surface area contributed by atoms with Gasteiger partial charge in [0.25, 0.3) is 0 Å². The van der Waals surface area contributed by atoms with E-state index in [4.69, 9.17) is 20.9 Å². The van der Waals surface area contributed by atoms with E-state index in [1.54, 1.807) is 20.8 Å². The van der Waals surface area contributed by atoms with Crippen LogP contribution in [0.2, 0.25) is 0 Å². The van der Waals surface area contributed by atoms with E-state index < -0.39 is 17.6 Å². The molecule has 1 rings (SSSR count). The molecule has 2 amide bonds. The molecule has 0 saturated carbocycles. The minimum absolute atomic E-state index is 0.279. The van der Waals surface area contributed by atoms with Gasteiger partial charge in [-0.15, -0.1) is 0 Å². The van der Waals surface area contributed by atoms with Crippen LogP contribution in [0.4, 0.5) is 16.2 Å². The molecule has 8 nitrogen and oxygen atoms in total. The number of methoxy groups -OCH3 is 1. The third kappa shape index (κ3) is 6.23. The molecule has 0 aliphatic rings. The summed E-state index contributed by atoms with van der Waals surface area (Å²) in [6, 6.07) is 3.02. The molecule has 1 aromatic rings. The van der Waals surface area contributed by atoms with Crippen LogP contribution in [0.5, 0.6) is 5.75 Å². The van der Waals surface area contributed by atoms with Gasteiger partial charge in [0.2, 0.25) is 5.91 Å². The maximum Gasteiger partial charge on any atom is 0.407 e. The van der Waals surface area contributed by atoms with E-state index in [0.717, 1.165) is 0 Å². The van der Waals surface area contributed by atoms with Crippen molar-refractivity contribution in [2.24, 2.45) is 5.73 Å². The number of anilines is 2. The number of nitrogens with two attached hydrogens (primary N) is 2. The summed E-state index contributed by atoms with van der Waals surface area (Å²) in [6.07, 6.45) is 0.199. The van der Waals surface area contributed by atoms with Gasteiger partial charge in [0, 0.05) is 18.7 Å². The minimum Gasteiger partial charge on any atom is -0.494 e. The third-order valence-electron chi connectivity index (χ3n) is 2.96. The normalized spacial score (nSPS) is 10.8. The van der Waals surface area contributed by atoms with E-state index in [-0.39, 0.29) is 5.56 Å². The molecule has 0 spiro atoms. The van der Waals surface area contributed by atoms with Crippen LogP contribution >= 0.6 is 0 Å². The highest BCUT2D eigenvalue weighted by Crippen LogP contribution is 2.32. The number of alkyl carbamates (subject to hydrolysis) is 1. The Morgan fingerprint density at radius 2 is 1.88 bits per heavy atom. The molecule has 0 fully saturated rings. The Morgan fingerprint density at radius 3 is 2.42 bits per heavy atom. The highest BCUT2D eigenvalue weighted by molar-refractivity contribution is 5.96. The molecule has 134 valence electrons. The van der Waals surface area contributed by atoms with E-state index in [2.05, 4.69) is 10.6 Å². The first-order chi connectivity index (χ1) is 11.1. The zero-order valence-corrected chi connectivity index (χ0v) is 14.6. The molecule has 1 aromatic carbocycles. The highest BCUT2D eigenvalue weighted by Gasteiger charge is 2.15. The number of hydrogen-bond acceptors (Lipinski definition) is 6. The maximum atomic E-state index is 11.5. The first-order valence-electron chi connectivity index (χ1n) is 7.62. The second kappa shape index (κ2) is 8.28. The second-order valence-electron chi connectivity index (χ2n) is 6.22. The van der Waals surface area contributed by atoms with Crippen LogP contribution in [0.3, 0.4) is 0 Å². The highest BCUT2D eigenvalue weighted by atomic mass is 16.6. The van der Waals surface area contributed by atoms with Crippen molar-refractivity contribution in [2.45, 2.75) is 32.8 Å². The smallest absolute Gasteiger partial charge is 0.407 e. The predicted molar refractivity (Wildman–Crippen MR) is 93.3 cm³/mol. The number of carbonyl (C=O) groups is 2. The quantitative estimate of drug-likeness (QED) is 0.442. The Morgan fingerprint density at radius 1 is 1.21 bits per heavy atom. The fraction of sp³-hybridized carbons (Fsp3) is 0.500. The number of benzene rings is 1. The minimum atomic E-state index is -0.576. The Balaban J connectivity index is 2.51.